The fourth-order valence-corrected chi connectivity index (χ4v) is 1.90. The molecule has 7 heteroatoms. The molecule has 22 heavy (non-hydrogen) atoms. The van der Waals surface area contributed by atoms with Gasteiger partial charge in [-0.15, -0.1) is 0 Å². The summed E-state index contributed by atoms with van der Waals surface area (Å²) in [4.78, 5) is 24.9. The van der Waals surface area contributed by atoms with Crippen LogP contribution in [0.15, 0.2) is 30.5 Å². The number of nitrogens with zero attached hydrogens (tertiary/aromatic N) is 3. The van der Waals surface area contributed by atoms with Crippen molar-refractivity contribution in [3.8, 4) is 0 Å². The Kier molecular flexibility index (Phi) is 4.25. The third-order valence-corrected chi connectivity index (χ3v) is 3.00. The van der Waals surface area contributed by atoms with Gasteiger partial charge in [0.1, 0.15) is 0 Å². The van der Waals surface area contributed by atoms with E-state index in [1.165, 1.54) is 11.2 Å². The van der Waals surface area contributed by atoms with Gasteiger partial charge in [-0.1, -0.05) is 17.7 Å². The van der Waals surface area contributed by atoms with Crippen LogP contribution in [-0.2, 0) is 0 Å². The molecule has 1 aromatic carbocycles. The molecule has 0 aliphatic carbocycles. The standard InChI is InChI=1S/C15H19N5O2/c1-10-6-5-7-11(8-10)14(22)20(15(2,3)4)18-13(21)12-9-16-19-17-12/h5-9H,1-4H3,(H,18,21)(H,16,17,19). The Morgan fingerprint density at radius 1 is 1.27 bits per heavy atom. The Balaban J connectivity index is 2.27. The number of rotatable bonds is 2. The molecular weight excluding hydrogens is 282 g/mol. The first-order valence-electron chi connectivity index (χ1n) is 6.87. The van der Waals surface area contributed by atoms with Crippen molar-refractivity contribution in [2.45, 2.75) is 33.2 Å². The number of nitrogens with one attached hydrogen (secondary N) is 2. The summed E-state index contributed by atoms with van der Waals surface area (Å²) in [5.41, 5.74) is 3.60. The van der Waals surface area contributed by atoms with Crippen LogP contribution < -0.4 is 5.43 Å². The summed E-state index contributed by atoms with van der Waals surface area (Å²) in [5.74, 6) is -0.780. The molecule has 0 atom stereocenters. The third-order valence-electron chi connectivity index (χ3n) is 3.00. The van der Waals surface area contributed by atoms with Gasteiger partial charge < -0.3 is 0 Å². The van der Waals surface area contributed by atoms with Crippen molar-refractivity contribution in [2.75, 3.05) is 0 Å². The molecule has 2 amide bonds. The Labute approximate surface area is 128 Å². The van der Waals surface area contributed by atoms with Gasteiger partial charge in [-0.25, -0.2) is 5.01 Å². The molecule has 0 radical (unpaired) electrons. The van der Waals surface area contributed by atoms with Gasteiger partial charge in [0.15, 0.2) is 5.69 Å². The number of carbonyl (C=O) groups excluding carboxylic acids is 2. The highest BCUT2D eigenvalue weighted by Crippen LogP contribution is 2.16. The molecule has 2 aromatic rings. The minimum Gasteiger partial charge on any atom is -0.267 e. The monoisotopic (exact) mass is 301 g/mol. The second-order valence-electron chi connectivity index (χ2n) is 5.98. The fourth-order valence-electron chi connectivity index (χ4n) is 1.90. The van der Waals surface area contributed by atoms with Crippen molar-refractivity contribution >= 4 is 11.8 Å². The molecule has 2 rings (SSSR count). The number of hydrogen-bond acceptors (Lipinski definition) is 4. The summed E-state index contributed by atoms with van der Waals surface area (Å²) in [7, 11) is 0. The molecule has 0 saturated heterocycles. The van der Waals surface area contributed by atoms with E-state index in [4.69, 9.17) is 0 Å². The number of H-pyrrole nitrogens is 1. The summed E-state index contributed by atoms with van der Waals surface area (Å²) in [6.45, 7) is 7.42. The molecule has 2 N–H and O–H groups in total. The number of aromatic nitrogens is 3. The minimum absolute atomic E-state index is 0.117. The lowest BCUT2D eigenvalue weighted by atomic mass is 10.1. The van der Waals surface area contributed by atoms with Gasteiger partial charge in [0.05, 0.1) is 11.7 Å². The average Bonchev–Trinajstić information content (AvgIpc) is 2.96. The van der Waals surface area contributed by atoms with Crippen molar-refractivity contribution in [3.63, 3.8) is 0 Å². The second-order valence-corrected chi connectivity index (χ2v) is 5.98. The highest BCUT2D eigenvalue weighted by Gasteiger charge is 2.30. The molecule has 116 valence electrons. The van der Waals surface area contributed by atoms with E-state index < -0.39 is 11.4 Å². The number of hydrazine groups is 1. The van der Waals surface area contributed by atoms with Gasteiger partial charge >= 0.3 is 0 Å². The number of amides is 2. The Morgan fingerprint density at radius 3 is 2.55 bits per heavy atom. The minimum atomic E-state index is -0.597. The average molecular weight is 301 g/mol. The van der Waals surface area contributed by atoms with E-state index in [9.17, 15) is 9.59 Å². The van der Waals surface area contributed by atoms with Crippen LogP contribution in [0.4, 0.5) is 0 Å². The predicted octanol–water partition coefficient (Wildman–Crippen LogP) is 1.70. The zero-order valence-electron chi connectivity index (χ0n) is 13.0. The van der Waals surface area contributed by atoms with Crippen LogP contribution >= 0.6 is 0 Å². The smallest absolute Gasteiger partial charge is 0.267 e. The first kappa shape index (κ1) is 15.7. The lowest BCUT2D eigenvalue weighted by Crippen LogP contribution is -2.56. The van der Waals surface area contributed by atoms with E-state index in [1.54, 1.807) is 12.1 Å². The molecule has 0 spiro atoms. The first-order valence-corrected chi connectivity index (χ1v) is 6.87. The summed E-state index contributed by atoms with van der Waals surface area (Å²) < 4.78 is 0. The summed E-state index contributed by atoms with van der Waals surface area (Å²) in [6.07, 6.45) is 1.30. The van der Waals surface area contributed by atoms with Gasteiger partial charge in [-0.2, -0.15) is 15.4 Å². The molecule has 0 aliphatic heterocycles. The van der Waals surface area contributed by atoms with Crippen LogP contribution in [-0.4, -0.2) is 37.8 Å². The SMILES string of the molecule is Cc1cccc(C(=O)N(NC(=O)c2cn[nH]n2)C(C)(C)C)c1. The Bertz CT molecular complexity index is 673. The van der Waals surface area contributed by atoms with Crippen LogP contribution in [0.2, 0.25) is 0 Å². The topological polar surface area (TPSA) is 91.0 Å². The van der Waals surface area contributed by atoms with E-state index in [0.717, 1.165) is 5.56 Å². The lowest BCUT2D eigenvalue weighted by molar-refractivity contribution is 0.0356. The van der Waals surface area contributed by atoms with Gasteiger partial charge in [0, 0.05) is 5.56 Å². The molecule has 1 aromatic heterocycles. The predicted molar refractivity (Wildman–Crippen MR) is 81.0 cm³/mol. The molecule has 0 saturated carbocycles. The van der Waals surface area contributed by atoms with Crippen molar-refractivity contribution in [3.05, 3.63) is 47.3 Å². The summed E-state index contributed by atoms with van der Waals surface area (Å²) in [6, 6.07) is 7.22. The van der Waals surface area contributed by atoms with E-state index in [-0.39, 0.29) is 11.6 Å². The molecule has 0 bridgehead atoms. The third kappa shape index (κ3) is 3.49. The van der Waals surface area contributed by atoms with Crippen LogP contribution in [0.25, 0.3) is 0 Å². The highest BCUT2D eigenvalue weighted by molar-refractivity contribution is 5.98. The fraction of sp³-hybridized carbons (Fsp3) is 0.333. The molecular formula is C15H19N5O2. The van der Waals surface area contributed by atoms with Crippen molar-refractivity contribution < 1.29 is 9.59 Å². The van der Waals surface area contributed by atoms with Gasteiger partial charge in [0.25, 0.3) is 11.8 Å². The van der Waals surface area contributed by atoms with Gasteiger partial charge in [-0.05, 0) is 39.8 Å². The van der Waals surface area contributed by atoms with Crippen LogP contribution in [0.1, 0.15) is 47.2 Å². The van der Waals surface area contributed by atoms with Crippen LogP contribution in [0.3, 0.4) is 0 Å². The van der Waals surface area contributed by atoms with E-state index >= 15 is 0 Å². The van der Waals surface area contributed by atoms with Gasteiger partial charge in [0.2, 0.25) is 0 Å². The molecule has 7 nitrogen and oxygen atoms in total. The number of carbonyl (C=O) groups is 2. The molecule has 1 heterocycles. The quantitative estimate of drug-likeness (QED) is 0.826. The summed E-state index contributed by atoms with van der Waals surface area (Å²) >= 11 is 0. The van der Waals surface area contributed by atoms with E-state index in [1.807, 2.05) is 39.8 Å². The zero-order chi connectivity index (χ0) is 16.3. The zero-order valence-corrected chi connectivity index (χ0v) is 13.0. The van der Waals surface area contributed by atoms with E-state index in [2.05, 4.69) is 20.8 Å². The molecule has 0 aliphatic rings. The van der Waals surface area contributed by atoms with Gasteiger partial charge in [-0.3, -0.25) is 15.0 Å². The summed E-state index contributed by atoms with van der Waals surface area (Å²) in [5, 5.41) is 11.0. The van der Waals surface area contributed by atoms with Crippen molar-refractivity contribution in [2.24, 2.45) is 0 Å². The number of benzene rings is 1. The first-order chi connectivity index (χ1) is 10.3. The number of aromatic amines is 1. The van der Waals surface area contributed by atoms with E-state index in [0.29, 0.717) is 5.56 Å². The normalized spacial score (nSPS) is 11.1. The second kappa shape index (κ2) is 5.97. The Hall–Kier alpha value is -2.70. The van der Waals surface area contributed by atoms with Crippen LogP contribution in [0.5, 0.6) is 0 Å². The Morgan fingerprint density at radius 2 is 2.00 bits per heavy atom. The maximum absolute atomic E-state index is 12.7. The maximum atomic E-state index is 12.7. The van der Waals surface area contributed by atoms with Crippen LogP contribution in [0, 0.1) is 6.92 Å². The largest absolute Gasteiger partial charge is 0.292 e. The molecule has 0 unspecified atom stereocenters. The number of hydrogen-bond donors (Lipinski definition) is 2. The maximum Gasteiger partial charge on any atom is 0.292 e. The number of aryl methyl sites for hydroxylation is 1. The van der Waals surface area contributed by atoms with Crippen molar-refractivity contribution in [1.82, 2.24) is 25.8 Å². The van der Waals surface area contributed by atoms with Crippen molar-refractivity contribution in [1.29, 1.82) is 0 Å². The highest BCUT2D eigenvalue weighted by atomic mass is 16.2. The lowest BCUT2D eigenvalue weighted by Gasteiger charge is -2.35. The molecule has 0 fully saturated rings.